The fourth-order valence-electron chi connectivity index (χ4n) is 4.61. The third-order valence-electron chi connectivity index (χ3n) is 6.45. The highest BCUT2D eigenvalue weighted by Gasteiger charge is 2.58. The van der Waals surface area contributed by atoms with E-state index in [4.69, 9.17) is 4.84 Å². The van der Waals surface area contributed by atoms with Crippen LogP contribution in [0.4, 0.5) is 0 Å². The number of likely N-dealkylation sites (N-methyl/N-ethyl adjacent to an activating group) is 1. The van der Waals surface area contributed by atoms with E-state index in [0.29, 0.717) is 12.5 Å². The number of aromatic nitrogens is 1. The van der Waals surface area contributed by atoms with Gasteiger partial charge in [-0.25, -0.2) is 0 Å². The summed E-state index contributed by atoms with van der Waals surface area (Å²) in [7, 11) is 4.04. The Morgan fingerprint density at radius 1 is 1.40 bits per heavy atom. The highest BCUT2D eigenvalue weighted by molar-refractivity contribution is 5.62. The zero-order chi connectivity index (χ0) is 17.9. The van der Waals surface area contributed by atoms with Gasteiger partial charge in [0.25, 0.3) is 0 Å². The fourth-order valence-corrected chi connectivity index (χ4v) is 4.61. The standard InChI is InChI=1S/C20H31N3O2/c1-19-8-6-16(17-5-4-10-21-14-17)13-20(19,24)9-7-18(19)15-22-25-12-11-23(2)3/h4-5,10,14-16,18,24H,6-9,11-13H2,1-3H3/b22-15+/t16-,18+,19+,20-/m0/s1. The van der Waals surface area contributed by atoms with Crippen molar-refractivity contribution in [2.24, 2.45) is 16.5 Å². The molecule has 5 nitrogen and oxygen atoms in total. The van der Waals surface area contributed by atoms with Crippen LogP contribution in [0.3, 0.4) is 0 Å². The first-order chi connectivity index (χ1) is 11.9. The first-order valence-electron chi connectivity index (χ1n) is 9.37. The molecule has 1 aromatic heterocycles. The predicted molar refractivity (Wildman–Crippen MR) is 99.6 cm³/mol. The first kappa shape index (κ1) is 18.3. The molecular formula is C20H31N3O2. The van der Waals surface area contributed by atoms with Gasteiger partial charge in [-0.1, -0.05) is 18.1 Å². The molecular weight excluding hydrogens is 314 g/mol. The smallest absolute Gasteiger partial charge is 0.129 e. The summed E-state index contributed by atoms with van der Waals surface area (Å²) in [6, 6.07) is 4.12. The normalized spacial score (nSPS) is 35.2. The molecule has 2 saturated carbocycles. The quantitative estimate of drug-likeness (QED) is 0.489. The summed E-state index contributed by atoms with van der Waals surface area (Å²) < 4.78 is 0. The van der Waals surface area contributed by atoms with Crippen LogP contribution in [0.25, 0.3) is 0 Å². The Balaban J connectivity index is 1.63. The summed E-state index contributed by atoms with van der Waals surface area (Å²) in [6.45, 7) is 3.69. The second-order valence-corrected chi connectivity index (χ2v) is 8.21. The van der Waals surface area contributed by atoms with Gasteiger partial charge in [-0.05, 0) is 63.7 Å². The van der Waals surface area contributed by atoms with E-state index in [1.54, 1.807) is 0 Å². The molecule has 0 radical (unpaired) electrons. The van der Waals surface area contributed by atoms with Crippen molar-refractivity contribution in [3.63, 3.8) is 0 Å². The molecule has 0 amide bonds. The van der Waals surface area contributed by atoms with Gasteiger partial charge in [0.1, 0.15) is 6.61 Å². The van der Waals surface area contributed by atoms with Crippen molar-refractivity contribution in [1.82, 2.24) is 9.88 Å². The molecule has 138 valence electrons. The Kier molecular flexibility index (Phi) is 5.44. The molecule has 0 bridgehead atoms. The van der Waals surface area contributed by atoms with Crippen LogP contribution >= 0.6 is 0 Å². The molecule has 0 unspecified atom stereocenters. The molecule has 0 saturated heterocycles. The second-order valence-electron chi connectivity index (χ2n) is 8.21. The van der Waals surface area contributed by atoms with Crippen LogP contribution in [0, 0.1) is 11.3 Å². The Morgan fingerprint density at radius 2 is 2.24 bits per heavy atom. The minimum absolute atomic E-state index is 0.111. The zero-order valence-electron chi connectivity index (χ0n) is 15.7. The maximum Gasteiger partial charge on any atom is 0.129 e. The third-order valence-corrected chi connectivity index (χ3v) is 6.45. The average Bonchev–Trinajstić information content (AvgIpc) is 2.86. The largest absolute Gasteiger partial charge is 0.395 e. The SMILES string of the molecule is CN(C)CCO/N=C/[C@H]1CC[C@]2(O)C[C@@H](c3cccnc3)CC[C@]12C. The molecule has 1 heterocycles. The Bertz CT molecular complexity index is 592. The van der Waals surface area contributed by atoms with Crippen molar-refractivity contribution < 1.29 is 9.94 Å². The summed E-state index contributed by atoms with van der Waals surface area (Å²) in [5, 5.41) is 15.6. The van der Waals surface area contributed by atoms with Crippen LogP contribution in [0.2, 0.25) is 0 Å². The van der Waals surface area contributed by atoms with Crippen LogP contribution < -0.4 is 0 Å². The van der Waals surface area contributed by atoms with Gasteiger partial charge in [0.15, 0.2) is 0 Å². The van der Waals surface area contributed by atoms with Crippen LogP contribution in [-0.4, -0.2) is 54.1 Å². The monoisotopic (exact) mass is 345 g/mol. The molecule has 0 aromatic carbocycles. The van der Waals surface area contributed by atoms with Gasteiger partial charge >= 0.3 is 0 Å². The van der Waals surface area contributed by atoms with Crippen LogP contribution in [0.5, 0.6) is 0 Å². The van der Waals surface area contributed by atoms with E-state index >= 15 is 0 Å². The van der Waals surface area contributed by atoms with Gasteiger partial charge in [0.05, 0.1) is 5.60 Å². The second kappa shape index (κ2) is 7.42. The lowest BCUT2D eigenvalue weighted by Crippen LogP contribution is -2.49. The van der Waals surface area contributed by atoms with Crippen molar-refractivity contribution in [1.29, 1.82) is 0 Å². The number of aliphatic hydroxyl groups is 1. The maximum absolute atomic E-state index is 11.4. The van der Waals surface area contributed by atoms with Crippen LogP contribution in [0.1, 0.15) is 50.5 Å². The maximum atomic E-state index is 11.4. The Hall–Kier alpha value is -1.46. The molecule has 0 spiro atoms. The van der Waals surface area contributed by atoms with Crippen LogP contribution in [-0.2, 0) is 4.84 Å². The topological polar surface area (TPSA) is 58.0 Å². The van der Waals surface area contributed by atoms with Gasteiger partial charge < -0.3 is 14.8 Å². The van der Waals surface area contributed by atoms with Crippen molar-refractivity contribution in [2.75, 3.05) is 27.2 Å². The van der Waals surface area contributed by atoms with E-state index in [-0.39, 0.29) is 11.3 Å². The lowest BCUT2D eigenvalue weighted by Gasteiger charge is -2.48. The molecule has 4 atom stereocenters. The van der Waals surface area contributed by atoms with Gasteiger partial charge in [0, 0.05) is 36.5 Å². The highest BCUT2D eigenvalue weighted by Crippen LogP contribution is 2.60. The van der Waals surface area contributed by atoms with E-state index in [2.05, 4.69) is 28.0 Å². The minimum Gasteiger partial charge on any atom is -0.395 e. The Morgan fingerprint density at radius 3 is 2.96 bits per heavy atom. The fraction of sp³-hybridized carbons (Fsp3) is 0.700. The molecule has 3 rings (SSSR count). The van der Waals surface area contributed by atoms with E-state index in [0.717, 1.165) is 38.6 Å². The lowest BCUT2D eigenvalue weighted by molar-refractivity contribution is -0.0959. The number of oxime groups is 1. The predicted octanol–water partition coefficient (Wildman–Crippen LogP) is 3.06. The zero-order valence-corrected chi connectivity index (χ0v) is 15.7. The molecule has 1 aromatic rings. The summed E-state index contributed by atoms with van der Waals surface area (Å²) in [5.41, 5.74) is 0.522. The molecule has 5 heteroatoms. The summed E-state index contributed by atoms with van der Waals surface area (Å²) in [5.74, 6) is 0.686. The van der Waals surface area contributed by atoms with Crippen molar-refractivity contribution in [3.05, 3.63) is 30.1 Å². The number of rotatable bonds is 6. The molecule has 2 fully saturated rings. The number of fused-ring (bicyclic) bond motifs is 1. The van der Waals surface area contributed by atoms with Gasteiger partial charge in [0.2, 0.25) is 0 Å². The number of nitrogens with zero attached hydrogens (tertiary/aromatic N) is 3. The van der Waals surface area contributed by atoms with Crippen molar-refractivity contribution >= 4 is 6.21 Å². The summed E-state index contributed by atoms with van der Waals surface area (Å²) in [4.78, 5) is 11.7. The third kappa shape index (κ3) is 3.72. The van der Waals surface area contributed by atoms with E-state index in [9.17, 15) is 5.11 Å². The molecule has 2 aliphatic carbocycles. The van der Waals surface area contributed by atoms with Crippen LogP contribution in [0.15, 0.2) is 29.7 Å². The molecule has 0 aliphatic heterocycles. The molecule has 2 aliphatic rings. The molecule has 1 N–H and O–H groups in total. The van der Waals surface area contributed by atoms with E-state index < -0.39 is 5.60 Å². The minimum atomic E-state index is -0.619. The number of hydrogen-bond acceptors (Lipinski definition) is 5. The summed E-state index contributed by atoms with van der Waals surface area (Å²) in [6.07, 6.45) is 10.4. The lowest BCUT2D eigenvalue weighted by atomic mass is 9.59. The molecule has 25 heavy (non-hydrogen) atoms. The Labute approximate surface area is 151 Å². The van der Waals surface area contributed by atoms with Gasteiger partial charge in [-0.15, -0.1) is 0 Å². The summed E-state index contributed by atoms with van der Waals surface area (Å²) >= 11 is 0. The van der Waals surface area contributed by atoms with Crippen molar-refractivity contribution in [3.8, 4) is 0 Å². The van der Waals surface area contributed by atoms with Crippen molar-refractivity contribution in [2.45, 2.75) is 50.5 Å². The van der Waals surface area contributed by atoms with E-state index in [1.807, 2.05) is 38.8 Å². The highest BCUT2D eigenvalue weighted by atomic mass is 16.6. The van der Waals surface area contributed by atoms with E-state index in [1.165, 1.54) is 5.56 Å². The van der Waals surface area contributed by atoms with Gasteiger partial charge in [-0.2, -0.15) is 0 Å². The average molecular weight is 345 g/mol. The first-order valence-corrected chi connectivity index (χ1v) is 9.37. The number of hydrogen-bond donors (Lipinski definition) is 1. The number of pyridine rings is 1. The van der Waals surface area contributed by atoms with Gasteiger partial charge in [-0.3, -0.25) is 4.98 Å².